The first-order valence-corrected chi connectivity index (χ1v) is 9.60. The van der Waals surface area contributed by atoms with Crippen LogP contribution < -0.4 is 19.1 Å². The van der Waals surface area contributed by atoms with E-state index >= 15 is 0 Å². The number of aryl methyl sites for hydroxylation is 1. The van der Waals surface area contributed by atoms with Crippen molar-refractivity contribution in [2.45, 2.75) is 13.5 Å². The molecule has 1 saturated heterocycles. The van der Waals surface area contributed by atoms with Gasteiger partial charge in [-0.05, 0) is 31.2 Å². The number of hydrogen-bond donors (Lipinski definition) is 1. The Morgan fingerprint density at radius 3 is 2.32 bits per heavy atom. The maximum atomic E-state index is 12.4. The summed E-state index contributed by atoms with van der Waals surface area (Å²) in [7, 11) is 3.33. The number of methoxy groups -OCH3 is 2. The molecule has 1 aliphatic heterocycles. The molecule has 3 rings (SSSR count). The van der Waals surface area contributed by atoms with Crippen LogP contribution in [0.2, 0.25) is 0 Å². The lowest BCUT2D eigenvalue weighted by Gasteiger charge is -2.32. The first-order valence-electron chi connectivity index (χ1n) is 9.60. The molecule has 1 heterocycles. The van der Waals surface area contributed by atoms with Crippen LogP contribution in [0.15, 0.2) is 42.5 Å². The van der Waals surface area contributed by atoms with Gasteiger partial charge in [0.1, 0.15) is 23.8 Å². The Morgan fingerprint density at radius 2 is 1.68 bits per heavy atom. The van der Waals surface area contributed by atoms with Crippen molar-refractivity contribution in [3.63, 3.8) is 0 Å². The fourth-order valence-electron chi connectivity index (χ4n) is 3.39. The fraction of sp³-hybridized carbons (Fsp3) is 0.409. The molecule has 1 aliphatic rings. The molecule has 2 aromatic carbocycles. The van der Waals surface area contributed by atoms with Gasteiger partial charge in [-0.1, -0.05) is 17.7 Å². The maximum Gasteiger partial charge on any atom is 0.260 e. The molecule has 2 aromatic rings. The van der Waals surface area contributed by atoms with Crippen LogP contribution in [0.1, 0.15) is 11.1 Å². The van der Waals surface area contributed by atoms with E-state index in [4.69, 9.17) is 14.2 Å². The summed E-state index contributed by atoms with van der Waals surface area (Å²) in [5.41, 5.74) is 2.33. The molecule has 1 N–H and O–H groups in total. The highest BCUT2D eigenvalue weighted by Gasteiger charge is 2.24. The second-order valence-corrected chi connectivity index (χ2v) is 7.09. The number of ether oxygens (including phenoxy) is 3. The Labute approximate surface area is 166 Å². The summed E-state index contributed by atoms with van der Waals surface area (Å²) >= 11 is 0. The van der Waals surface area contributed by atoms with E-state index in [1.807, 2.05) is 48.2 Å². The SMILES string of the molecule is COc1ccc(C[NH+]2CCN(C(=O)COc3ccc(C)cc3)CC2)c(OC)c1. The summed E-state index contributed by atoms with van der Waals surface area (Å²) in [5, 5.41) is 0. The van der Waals surface area contributed by atoms with Gasteiger partial charge in [-0.25, -0.2) is 0 Å². The van der Waals surface area contributed by atoms with Crippen LogP contribution in [0.25, 0.3) is 0 Å². The van der Waals surface area contributed by atoms with Gasteiger partial charge in [-0.15, -0.1) is 0 Å². The smallest absolute Gasteiger partial charge is 0.260 e. The van der Waals surface area contributed by atoms with E-state index in [9.17, 15) is 4.79 Å². The Morgan fingerprint density at radius 1 is 1.00 bits per heavy atom. The number of nitrogens with zero attached hydrogens (tertiary/aromatic N) is 1. The Bertz CT molecular complexity index is 784. The van der Waals surface area contributed by atoms with Crippen molar-refractivity contribution in [1.82, 2.24) is 4.90 Å². The Hall–Kier alpha value is -2.73. The van der Waals surface area contributed by atoms with Gasteiger partial charge in [0, 0.05) is 11.6 Å². The first kappa shape index (κ1) is 20.0. The monoisotopic (exact) mass is 385 g/mol. The van der Waals surface area contributed by atoms with Crippen molar-refractivity contribution >= 4 is 5.91 Å². The number of nitrogens with one attached hydrogen (secondary N) is 1. The molecule has 0 unspecified atom stereocenters. The number of rotatable bonds is 7. The van der Waals surface area contributed by atoms with Gasteiger partial charge >= 0.3 is 0 Å². The summed E-state index contributed by atoms with van der Waals surface area (Å²) < 4.78 is 16.4. The third kappa shape index (κ3) is 5.16. The van der Waals surface area contributed by atoms with E-state index in [1.54, 1.807) is 14.2 Å². The zero-order chi connectivity index (χ0) is 19.9. The van der Waals surface area contributed by atoms with E-state index in [1.165, 1.54) is 10.5 Å². The third-order valence-electron chi connectivity index (χ3n) is 5.14. The lowest BCUT2D eigenvalue weighted by Crippen LogP contribution is -3.13. The van der Waals surface area contributed by atoms with Gasteiger partial charge in [-0.2, -0.15) is 0 Å². The maximum absolute atomic E-state index is 12.4. The normalized spacial score (nSPS) is 14.6. The molecule has 6 heteroatoms. The largest absolute Gasteiger partial charge is 0.497 e. The van der Waals surface area contributed by atoms with Crippen molar-refractivity contribution in [1.29, 1.82) is 0 Å². The highest BCUT2D eigenvalue weighted by Crippen LogP contribution is 2.23. The predicted octanol–water partition coefficient (Wildman–Crippen LogP) is 1.32. The third-order valence-corrected chi connectivity index (χ3v) is 5.14. The van der Waals surface area contributed by atoms with Crippen LogP contribution in [-0.4, -0.2) is 57.8 Å². The van der Waals surface area contributed by atoms with Gasteiger partial charge in [0.2, 0.25) is 0 Å². The van der Waals surface area contributed by atoms with Crippen LogP contribution in [-0.2, 0) is 11.3 Å². The van der Waals surface area contributed by atoms with Gasteiger partial charge in [-0.3, -0.25) is 4.79 Å². The molecule has 0 aliphatic carbocycles. The van der Waals surface area contributed by atoms with Gasteiger partial charge in [0.25, 0.3) is 5.91 Å². The van der Waals surface area contributed by atoms with Crippen molar-refractivity contribution in [3.05, 3.63) is 53.6 Å². The van der Waals surface area contributed by atoms with Crippen molar-refractivity contribution in [3.8, 4) is 17.2 Å². The summed E-state index contributed by atoms with van der Waals surface area (Å²) in [4.78, 5) is 15.8. The Balaban J connectivity index is 1.47. The minimum absolute atomic E-state index is 0.0432. The summed E-state index contributed by atoms with van der Waals surface area (Å²) in [6.07, 6.45) is 0. The molecule has 150 valence electrons. The average molecular weight is 385 g/mol. The summed E-state index contributed by atoms with van der Waals surface area (Å²) in [5.74, 6) is 2.41. The highest BCUT2D eigenvalue weighted by atomic mass is 16.5. The fourth-order valence-corrected chi connectivity index (χ4v) is 3.39. The molecule has 0 atom stereocenters. The molecular formula is C22H29N2O4+. The molecule has 0 saturated carbocycles. The van der Waals surface area contributed by atoms with E-state index in [0.29, 0.717) is 0 Å². The second-order valence-electron chi connectivity index (χ2n) is 7.09. The van der Waals surface area contributed by atoms with E-state index in [2.05, 4.69) is 6.07 Å². The lowest BCUT2D eigenvalue weighted by atomic mass is 10.1. The van der Waals surface area contributed by atoms with Crippen LogP contribution in [0.4, 0.5) is 0 Å². The van der Waals surface area contributed by atoms with Crippen molar-refractivity contribution in [2.24, 2.45) is 0 Å². The van der Waals surface area contributed by atoms with Crippen molar-refractivity contribution < 1.29 is 23.9 Å². The van der Waals surface area contributed by atoms with E-state index < -0.39 is 0 Å². The molecule has 0 bridgehead atoms. The van der Waals surface area contributed by atoms with Crippen LogP contribution in [0.3, 0.4) is 0 Å². The zero-order valence-corrected chi connectivity index (χ0v) is 16.9. The van der Waals surface area contributed by atoms with Crippen molar-refractivity contribution in [2.75, 3.05) is 47.0 Å². The quantitative estimate of drug-likeness (QED) is 0.781. The predicted molar refractivity (Wildman–Crippen MR) is 107 cm³/mol. The van der Waals surface area contributed by atoms with E-state index in [0.717, 1.165) is 55.5 Å². The molecule has 1 fully saturated rings. The summed E-state index contributed by atoms with van der Waals surface area (Å²) in [6.45, 7) is 6.28. The second kappa shape index (κ2) is 9.46. The average Bonchev–Trinajstić information content (AvgIpc) is 2.74. The molecule has 28 heavy (non-hydrogen) atoms. The number of carbonyl (C=O) groups excluding carboxylic acids is 1. The molecular weight excluding hydrogens is 356 g/mol. The number of benzene rings is 2. The van der Waals surface area contributed by atoms with Gasteiger partial charge < -0.3 is 24.0 Å². The summed E-state index contributed by atoms with van der Waals surface area (Å²) in [6, 6.07) is 13.7. The molecule has 0 aromatic heterocycles. The number of carbonyl (C=O) groups is 1. The number of quaternary nitrogens is 1. The number of hydrogen-bond acceptors (Lipinski definition) is 4. The lowest BCUT2D eigenvalue weighted by molar-refractivity contribution is -0.917. The topological polar surface area (TPSA) is 52.4 Å². The number of amides is 1. The first-order chi connectivity index (χ1) is 13.6. The van der Waals surface area contributed by atoms with Gasteiger partial charge in [0.05, 0.1) is 40.4 Å². The molecule has 1 amide bonds. The van der Waals surface area contributed by atoms with Crippen LogP contribution in [0.5, 0.6) is 17.2 Å². The molecule has 6 nitrogen and oxygen atoms in total. The van der Waals surface area contributed by atoms with Crippen LogP contribution >= 0.6 is 0 Å². The van der Waals surface area contributed by atoms with Gasteiger partial charge in [0.15, 0.2) is 6.61 Å². The molecule has 0 radical (unpaired) electrons. The minimum Gasteiger partial charge on any atom is -0.497 e. The van der Waals surface area contributed by atoms with E-state index in [-0.39, 0.29) is 12.5 Å². The van der Waals surface area contributed by atoms with Crippen LogP contribution in [0, 0.1) is 6.92 Å². The number of piperazine rings is 1. The molecule has 0 spiro atoms. The minimum atomic E-state index is 0.0432. The Kier molecular flexibility index (Phi) is 6.76. The zero-order valence-electron chi connectivity index (χ0n) is 16.9. The highest BCUT2D eigenvalue weighted by molar-refractivity contribution is 5.77. The standard InChI is InChI=1S/C22H28N2O4/c1-17-4-7-19(8-5-17)28-16-22(25)24-12-10-23(11-13-24)15-18-6-9-20(26-2)14-21(18)27-3/h4-9,14H,10-13,15-16H2,1-3H3/p+1.